The van der Waals surface area contributed by atoms with Crippen molar-refractivity contribution < 1.29 is 4.79 Å². The van der Waals surface area contributed by atoms with E-state index in [9.17, 15) is 4.79 Å². The van der Waals surface area contributed by atoms with Crippen LogP contribution in [0, 0.1) is 0 Å². The van der Waals surface area contributed by atoms with Crippen molar-refractivity contribution in [3.63, 3.8) is 0 Å². The van der Waals surface area contributed by atoms with Crippen LogP contribution in [0.4, 0.5) is 5.69 Å². The first kappa shape index (κ1) is 9.96. The minimum atomic E-state index is -0.464. The van der Waals surface area contributed by atoms with E-state index in [2.05, 4.69) is 9.88 Å². The highest BCUT2D eigenvalue weighted by molar-refractivity contribution is 5.91. The Labute approximate surface area is 89.1 Å². The smallest absolute Gasteiger partial charge is 0.267 e. The average Bonchev–Trinajstić information content (AvgIpc) is 2.30. The first-order valence-corrected chi connectivity index (χ1v) is 5.28. The highest BCUT2D eigenvalue weighted by Gasteiger charge is 2.12. The van der Waals surface area contributed by atoms with Crippen LogP contribution in [0.15, 0.2) is 18.3 Å². The van der Waals surface area contributed by atoms with E-state index in [0.29, 0.717) is 5.69 Å². The second kappa shape index (κ2) is 4.29. The number of piperidine rings is 1. The van der Waals surface area contributed by atoms with Crippen LogP contribution >= 0.6 is 0 Å². The number of nitrogens with zero attached hydrogens (tertiary/aromatic N) is 2. The van der Waals surface area contributed by atoms with Crippen LogP contribution in [0.25, 0.3) is 0 Å². The fraction of sp³-hybridized carbons (Fsp3) is 0.455. The van der Waals surface area contributed by atoms with Crippen LogP contribution in [0.3, 0.4) is 0 Å². The molecule has 4 heteroatoms. The fourth-order valence-corrected chi connectivity index (χ4v) is 1.90. The van der Waals surface area contributed by atoms with Gasteiger partial charge >= 0.3 is 0 Å². The topological polar surface area (TPSA) is 59.2 Å². The second-order valence-corrected chi connectivity index (χ2v) is 3.81. The Morgan fingerprint density at radius 2 is 2.07 bits per heavy atom. The molecule has 0 atom stereocenters. The van der Waals surface area contributed by atoms with E-state index in [4.69, 9.17) is 5.73 Å². The van der Waals surface area contributed by atoms with Gasteiger partial charge in [-0.15, -0.1) is 0 Å². The molecule has 80 valence electrons. The van der Waals surface area contributed by atoms with E-state index < -0.39 is 5.91 Å². The molecular weight excluding hydrogens is 190 g/mol. The first-order valence-electron chi connectivity index (χ1n) is 5.28. The fourth-order valence-electron chi connectivity index (χ4n) is 1.90. The lowest BCUT2D eigenvalue weighted by atomic mass is 10.1. The zero-order valence-electron chi connectivity index (χ0n) is 8.65. The number of amides is 1. The second-order valence-electron chi connectivity index (χ2n) is 3.81. The van der Waals surface area contributed by atoms with Gasteiger partial charge in [0, 0.05) is 25.0 Å². The van der Waals surface area contributed by atoms with Gasteiger partial charge in [-0.2, -0.15) is 0 Å². The minimum Gasteiger partial charge on any atom is -0.371 e. The Morgan fingerprint density at radius 1 is 1.33 bits per heavy atom. The number of hydrogen-bond acceptors (Lipinski definition) is 3. The molecule has 0 radical (unpaired) electrons. The van der Waals surface area contributed by atoms with Gasteiger partial charge in [0.2, 0.25) is 0 Å². The summed E-state index contributed by atoms with van der Waals surface area (Å²) in [5.74, 6) is -0.464. The normalized spacial score (nSPS) is 16.4. The van der Waals surface area contributed by atoms with Gasteiger partial charge in [-0.1, -0.05) is 0 Å². The van der Waals surface area contributed by atoms with E-state index in [-0.39, 0.29) is 0 Å². The molecular formula is C11H15N3O. The van der Waals surface area contributed by atoms with E-state index in [1.807, 2.05) is 6.07 Å². The summed E-state index contributed by atoms with van der Waals surface area (Å²) >= 11 is 0. The molecule has 1 amide bonds. The standard InChI is InChI=1S/C11H15N3O/c12-11(15)10-8-9(4-5-13-10)14-6-2-1-3-7-14/h4-5,8H,1-3,6-7H2,(H2,12,15). The molecule has 2 heterocycles. The zero-order valence-corrected chi connectivity index (χ0v) is 8.65. The zero-order chi connectivity index (χ0) is 10.7. The van der Waals surface area contributed by atoms with E-state index in [1.54, 1.807) is 12.3 Å². The molecule has 0 saturated carbocycles. The number of anilines is 1. The Kier molecular flexibility index (Phi) is 2.85. The van der Waals surface area contributed by atoms with Crippen LogP contribution in [-0.4, -0.2) is 24.0 Å². The number of carbonyl (C=O) groups is 1. The van der Waals surface area contributed by atoms with E-state index in [1.165, 1.54) is 19.3 Å². The van der Waals surface area contributed by atoms with Crippen LogP contribution < -0.4 is 10.6 Å². The van der Waals surface area contributed by atoms with Gasteiger partial charge in [-0.05, 0) is 31.4 Å². The maximum atomic E-state index is 11.0. The molecule has 1 saturated heterocycles. The van der Waals surface area contributed by atoms with Crippen molar-refractivity contribution >= 4 is 11.6 Å². The van der Waals surface area contributed by atoms with Crippen molar-refractivity contribution in [1.82, 2.24) is 4.98 Å². The number of rotatable bonds is 2. The molecule has 1 aromatic heterocycles. The van der Waals surface area contributed by atoms with Crippen molar-refractivity contribution in [2.24, 2.45) is 5.73 Å². The molecule has 15 heavy (non-hydrogen) atoms. The predicted molar refractivity (Wildman–Crippen MR) is 58.8 cm³/mol. The lowest BCUT2D eigenvalue weighted by molar-refractivity contribution is 0.0995. The largest absolute Gasteiger partial charge is 0.371 e. The predicted octanol–water partition coefficient (Wildman–Crippen LogP) is 1.17. The van der Waals surface area contributed by atoms with Crippen LogP contribution in [0.1, 0.15) is 29.8 Å². The number of carbonyl (C=O) groups excluding carboxylic acids is 1. The quantitative estimate of drug-likeness (QED) is 0.788. The molecule has 4 nitrogen and oxygen atoms in total. The Morgan fingerprint density at radius 3 is 2.73 bits per heavy atom. The van der Waals surface area contributed by atoms with Gasteiger partial charge in [0.15, 0.2) is 0 Å². The number of nitrogens with two attached hydrogens (primary N) is 1. The summed E-state index contributed by atoms with van der Waals surface area (Å²) in [5, 5.41) is 0. The van der Waals surface area contributed by atoms with Crippen LogP contribution in [0.5, 0.6) is 0 Å². The Hall–Kier alpha value is -1.58. The monoisotopic (exact) mass is 205 g/mol. The number of primary amides is 1. The maximum absolute atomic E-state index is 11.0. The molecule has 1 aromatic rings. The van der Waals surface area contributed by atoms with E-state index in [0.717, 1.165) is 18.8 Å². The van der Waals surface area contributed by atoms with Gasteiger partial charge in [0.25, 0.3) is 5.91 Å². The SMILES string of the molecule is NC(=O)c1cc(N2CCCCC2)ccn1. The number of pyridine rings is 1. The summed E-state index contributed by atoms with van der Waals surface area (Å²) in [5.41, 5.74) is 6.59. The maximum Gasteiger partial charge on any atom is 0.267 e. The van der Waals surface area contributed by atoms with Gasteiger partial charge in [-0.25, -0.2) is 0 Å². The molecule has 2 rings (SSSR count). The molecule has 0 aromatic carbocycles. The highest BCUT2D eigenvalue weighted by Crippen LogP contribution is 2.19. The molecule has 1 aliphatic rings. The molecule has 0 aliphatic carbocycles. The summed E-state index contributed by atoms with van der Waals surface area (Å²) in [6.45, 7) is 2.12. The van der Waals surface area contributed by atoms with Crippen molar-refractivity contribution in [3.05, 3.63) is 24.0 Å². The van der Waals surface area contributed by atoms with Crippen molar-refractivity contribution in [1.29, 1.82) is 0 Å². The van der Waals surface area contributed by atoms with Crippen LogP contribution in [0.2, 0.25) is 0 Å². The van der Waals surface area contributed by atoms with Gasteiger partial charge in [0.1, 0.15) is 5.69 Å². The molecule has 1 fully saturated rings. The lowest BCUT2D eigenvalue weighted by Crippen LogP contribution is -2.29. The van der Waals surface area contributed by atoms with Crippen molar-refractivity contribution in [2.45, 2.75) is 19.3 Å². The van der Waals surface area contributed by atoms with Crippen molar-refractivity contribution in [2.75, 3.05) is 18.0 Å². The summed E-state index contributed by atoms with van der Waals surface area (Å²) in [7, 11) is 0. The molecule has 0 spiro atoms. The molecule has 0 unspecified atom stereocenters. The third kappa shape index (κ3) is 2.26. The average molecular weight is 205 g/mol. The first-order chi connectivity index (χ1) is 7.27. The summed E-state index contributed by atoms with van der Waals surface area (Å²) in [6.07, 6.45) is 5.37. The summed E-state index contributed by atoms with van der Waals surface area (Å²) in [6, 6.07) is 3.70. The van der Waals surface area contributed by atoms with Crippen molar-refractivity contribution in [3.8, 4) is 0 Å². The third-order valence-corrected chi connectivity index (χ3v) is 2.72. The molecule has 0 bridgehead atoms. The lowest BCUT2D eigenvalue weighted by Gasteiger charge is -2.28. The highest BCUT2D eigenvalue weighted by atomic mass is 16.1. The molecule has 2 N–H and O–H groups in total. The van der Waals surface area contributed by atoms with E-state index >= 15 is 0 Å². The van der Waals surface area contributed by atoms with Gasteiger partial charge in [-0.3, -0.25) is 9.78 Å². The van der Waals surface area contributed by atoms with Crippen LogP contribution in [-0.2, 0) is 0 Å². The number of aromatic nitrogens is 1. The Balaban J connectivity index is 2.19. The molecule has 1 aliphatic heterocycles. The minimum absolute atomic E-state index is 0.345. The number of hydrogen-bond donors (Lipinski definition) is 1. The Bertz CT molecular complexity index is 359. The van der Waals surface area contributed by atoms with Gasteiger partial charge < -0.3 is 10.6 Å². The van der Waals surface area contributed by atoms with Gasteiger partial charge in [0.05, 0.1) is 0 Å². The summed E-state index contributed by atoms with van der Waals surface area (Å²) in [4.78, 5) is 17.2. The third-order valence-electron chi connectivity index (χ3n) is 2.72. The summed E-state index contributed by atoms with van der Waals surface area (Å²) < 4.78 is 0.